The summed E-state index contributed by atoms with van der Waals surface area (Å²) in [5, 5.41) is -0.0243. The van der Waals surface area contributed by atoms with Crippen LogP contribution < -0.4 is 0 Å². The molecule has 1 aliphatic heterocycles. The molecule has 8 heteroatoms. The Balaban J connectivity index is 3.48. The standard InChI is InChI=1S/C23H46O6Si2/c1-14-15-17(24)27-18-16(2)26-21(25-9)20(29-31(12,13)23(6,7)8)19(18)28-30(10,11)22(3,4)5/h14-16,18-21H,1-13H3/b15-14+/t16?,18-,19+,20?,21+/m1/s1. The lowest BCUT2D eigenvalue weighted by Gasteiger charge is -2.51. The van der Waals surface area contributed by atoms with Crippen molar-refractivity contribution in [3.63, 3.8) is 0 Å². The lowest BCUT2D eigenvalue weighted by atomic mass is 9.99. The summed E-state index contributed by atoms with van der Waals surface area (Å²) < 4.78 is 31.4. The van der Waals surface area contributed by atoms with E-state index in [1.54, 1.807) is 20.1 Å². The highest BCUT2D eigenvalue weighted by molar-refractivity contribution is 6.74. The topological polar surface area (TPSA) is 63.2 Å². The molecule has 0 amide bonds. The highest BCUT2D eigenvalue weighted by Gasteiger charge is 2.54. The second-order valence-corrected chi connectivity index (χ2v) is 21.0. The maximum atomic E-state index is 12.4. The van der Waals surface area contributed by atoms with Crippen molar-refractivity contribution in [2.45, 2.75) is 122 Å². The third-order valence-corrected chi connectivity index (χ3v) is 15.9. The Bertz CT molecular complexity index is 633. The number of carbonyl (C=O) groups is 1. The molecule has 6 nitrogen and oxygen atoms in total. The van der Waals surface area contributed by atoms with Gasteiger partial charge in [0, 0.05) is 13.2 Å². The van der Waals surface area contributed by atoms with E-state index < -0.39 is 53.3 Å². The normalized spacial score (nSPS) is 28.7. The second kappa shape index (κ2) is 10.2. The maximum absolute atomic E-state index is 12.4. The summed E-state index contributed by atoms with van der Waals surface area (Å²) in [4.78, 5) is 12.4. The predicted molar refractivity (Wildman–Crippen MR) is 130 cm³/mol. The fourth-order valence-corrected chi connectivity index (χ4v) is 5.51. The molecule has 0 radical (unpaired) electrons. The van der Waals surface area contributed by atoms with Gasteiger partial charge in [0.05, 0.1) is 6.10 Å². The molecule has 0 spiro atoms. The molecule has 1 saturated heterocycles. The van der Waals surface area contributed by atoms with Crippen molar-refractivity contribution < 1.29 is 27.9 Å². The van der Waals surface area contributed by atoms with Gasteiger partial charge in [-0.05, 0) is 50.1 Å². The van der Waals surface area contributed by atoms with Gasteiger partial charge in [-0.3, -0.25) is 0 Å². The number of esters is 1. The first kappa shape index (κ1) is 28.5. The monoisotopic (exact) mass is 474 g/mol. The van der Waals surface area contributed by atoms with Gasteiger partial charge in [0.15, 0.2) is 29.0 Å². The van der Waals surface area contributed by atoms with Gasteiger partial charge in [-0.2, -0.15) is 0 Å². The van der Waals surface area contributed by atoms with Gasteiger partial charge < -0.3 is 23.1 Å². The van der Waals surface area contributed by atoms with Gasteiger partial charge in [0.2, 0.25) is 0 Å². The Morgan fingerprint density at radius 3 is 1.71 bits per heavy atom. The van der Waals surface area contributed by atoms with Crippen LogP contribution >= 0.6 is 0 Å². The van der Waals surface area contributed by atoms with E-state index in [-0.39, 0.29) is 10.1 Å². The first-order chi connectivity index (χ1) is 13.9. The largest absolute Gasteiger partial charge is 0.454 e. The van der Waals surface area contributed by atoms with Crippen LogP contribution in [0.15, 0.2) is 12.2 Å². The van der Waals surface area contributed by atoms with E-state index >= 15 is 0 Å². The molecule has 0 saturated carbocycles. The van der Waals surface area contributed by atoms with E-state index in [0.717, 1.165) is 0 Å². The molecule has 0 aliphatic carbocycles. The smallest absolute Gasteiger partial charge is 0.330 e. The first-order valence-corrected chi connectivity index (χ1v) is 17.1. The number of hydrogen-bond acceptors (Lipinski definition) is 6. The number of ether oxygens (including phenoxy) is 3. The van der Waals surface area contributed by atoms with Crippen molar-refractivity contribution in [2.75, 3.05) is 7.11 Å². The molecule has 0 N–H and O–H groups in total. The molecule has 0 aromatic heterocycles. The first-order valence-electron chi connectivity index (χ1n) is 11.2. The number of allylic oxidation sites excluding steroid dienone is 1. The molecule has 1 heterocycles. The third-order valence-electron chi connectivity index (χ3n) is 6.99. The average molecular weight is 475 g/mol. The van der Waals surface area contributed by atoms with Gasteiger partial charge in [0.1, 0.15) is 12.2 Å². The van der Waals surface area contributed by atoms with Crippen molar-refractivity contribution in [1.29, 1.82) is 0 Å². The van der Waals surface area contributed by atoms with Crippen LogP contribution in [0, 0.1) is 0 Å². The minimum Gasteiger partial charge on any atom is -0.454 e. The third kappa shape index (κ3) is 6.98. The van der Waals surface area contributed by atoms with Crippen LogP contribution in [0.4, 0.5) is 0 Å². The summed E-state index contributed by atoms with van der Waals surface area (Å²) in [5.74, 6) is -0.409. The van der Waals surface area contributed by atoms with Crippen LogP contribution in [0.25, 0.3) is 0 Å². The molecule has 1 fully saturated rings. The Labute approximate surface area is 192 Å². The summed E-state index contributed by atoms with van der Waals surface area (Å²) in [6.45, 7) is 25.6. The molecule has 0 bridgehead atoms. The minimum absolute atomic E-state index is 0.00694. The summed E-state index contributed by atoms with van der Waals surface area (Å²) in [6, 6.07) is 0. The molecule has 0 aromatic rings. The predicted octanol–water partition coefficient (Wildman–Crippen LogP) is 5.65. The van der Waals surface area contributed by atoms with Gasteiger partial charge in [-0.1, -0.05) is 47.6 Å². The van der Waals surface area contributed by atoms with Crippen LogP contribution in [0.1, 0.15) is 55.4 Å². The quantitative estimate of drug-likeness (QED) is 0.270. The number of carbonyl (C=O) groups excluding carboxylic acids is 1. The van der Waals surface area contributed by atoms with E-state index in [9.17, 15) is 4.79 Å². The highest BCUT2D eigenvalue weighted by Crippen LogP contribution is 2.43. The van der Waals surface area contributed by atoms with Gasteiger partial charge in [-0.15, -0.1) is 0 Å². The zero-order valence-electron chi connectivity index (χ0n) is 22.0. The summed E-state index contributed by atoms with van der Waals surface area (Å²) in [6.07, 6.45) is 0.504. The molecule has 2 unspecified atom stereocenters. The van der Waals surface area contributed by atoms with E-state index in [4.69, 9.17) is 23.1 Å². The molecule has 1 aliphatic rings. The van der Waals surface area contributed by atoms with Crippen LogP contribution in [-0.2, 0) is 27.9 Å². The van der Waals surface area contributed by atoms with Crippen molar-refractivity contribution in [3.8, 4) is 0 Å². The molecule has 5 atom stereocenters. The summed E-state index contributed by atoms with van der Waals surface area (Å²) in [7, 11) is -2.80. The van der Waals surface area contributed by atoms with E-state index in [0.29, 0.717) is 0 Å². The van der Waals surface area contributed by atoms with Gasteiger partial charge in [0.25, 0.3) is 0 Å². The summed E-state index contributed by atoms with van der Waals surface area (Å²) >= 11 is 0. The second-order valence-electron chi connectivity index (χ2n) is 11.5. The molecule has 1 rings (SSSR count). The van der Waals surface area contributed by atoms with Crippen LogP contribution in [0.2, 0.25) is 36.3 Å². The fourth-order valence-electron chi connectivity index (χ4n) is 2.93. The van der Waals surface area contributed by atoms with Crippen molar-refractivity contribution in [3.05, 3.63) is 12.2 Å². The Hall–Kier alpha value is -0.516. The van der Waals surface area contributed by atoms with Crippen LogP contribution in [0.3, 0.4) is 0 Å². The van der Waals surface area contributed by atoms with E-state index in [1.165, 1.54) is 6.08 Å². The molecule has 0 aromatic carbocycles. The zero-order chi connectivity index (χ0) is 24.4. The maximum Gasteiger partial charge on any atom is 0.330 e. The Morgan fingerprint density at radius 1 is 0.871 bits per heavy atom. The van der Waals surface area contributed by atoms with Crippen LogP contribution in [0.5, 0.6) is 0 Å². The minimum atomic E-state index is -2.22. The molecule has 182 valence electrons. The summed E-state index contributed by atoms with van der Waals surface area (Å²) in [5.41, 5.74) is 0. The molecule has 31 heavy (non-hydrogen) atoms. The Morgan fingerprint density at radius 2 is 1.32 bits per heavy atom. The SMILES string of the molecule is C/C=C/C(=O)O[C@@H]1C(C)O[C@H](OC)C(O[Si](C)(C)C(C)(C)C)[C@H]1O[Si](C)(C)C(C)(C)C. The van der Waals surface area contributed by atoms with Crippen molar-refractivity contribution in [2.24, 2.45) is 0 Å². The van der Waals surface area contributed by atoms with Gasteiger partial charge >= 0.3 is 5.97 Å². The molecular weight excluding hydrogens is 428 g/mol. The lowest BCUT2D eigenvalue weighted by molar-refractivity contribution is -0.282. The number of hydrogen-bond donors (Lipinski definition) is 0. The van der Waals surface area contributed by atoms with Crippen LogP contribution in [-0.4, -0.2) is 60.4 Å². The van der Waals surface area contributed by atoms with E-state index in [1.807, 2.05) is 6.92 Å². The van der Waals surface area contributed by atoms with Crippen molar-refractivity contribution in [1.82, 2.24) is 0 Å². The van der Waals surface area contributed by atoms with Gasteiger partial charge in [-0.25, -0.2) is 4.79 Å². The molecular formula is C23H46O6Si2. The number of methoxy groups -OCH3 is 1. The Kier molecular flexibility index (Phi) is 9.36. The van der Waals surface area contributed by atoms with Crippen molar-refractivity contribution >= 4 is 22.6 Å². The zero-order valence-corrected chi connectivity index (χ0v) is 24.0. The van der Waals surface area contributed by atoms with E-state index in [2.05, 4.69) is 67.7 Å². The highest BCUT2D eigenvalue weighted by atomic mass is 28.4. The average Bonchev–Trinajstić information content (AvgIpc) is 2.58. The lowest BCUT2D eigenvalue weighted by Crippen LogP contribution is -2.65. The number of rotatable bonds is 7. The fraction of sp³-hybridized carbons (Fsp3) is 0.870.